The Kier molecular flexibility index (Phi) is 6.42. The summed E-state index contributed by atoms with van der Waals surface area (Å²) in [6.45, 7) is 3.83. The summed E-state index contributed by atoms with van der Waals surface area (Å²) in [6, 6.07) is 12.4. The summed E-state index contributed by atoms with van der Waals surface area (Å²) in [5.41, 5.74) is 2.81. The maximum Gasteiger partial charge on any atom is 0.252 e. The Labute approximate surface area is 171 Å². The number of hydrogen-bond donors (Lipinski definition) is 2. The molecule has 0 bridgehead atoms. The van der Waals surface area contributed by atoms with Gasteiger partial charge in [-0.2, -0.15) is 0 Å². The minimum atomic E-state index is -0.646. The fourth-order valence-electron chi connectivity index (χ4n) is 3.67. The van der Waals surface area contributed by atoms with Crippen molar-refractivity contribution in [3.63, 3.8) is 0 Å². The fraction of sp³-hybridized carbons (Fsp3) is 0.391. The molecule has 2 amide bonds. The second-order valence-electron chi connectivity index (χ2n) is 7.60. The van der Waals surface area contributed by atoms with Gasteiger partial charge in [0.2, 0.25) is 5.91 Å². The standard InChI is InChI=1S/C23H28N2O4/c1-14(2)21(23(27)24-20-10-9-15-7-5-6-8-19(15)20)25-22(26)16-11-17(28-3)13-18(12-16)29-4/h5-8,11-14,20-21H,9-10H2,1-4H3,(H,24,27)(H,25,26)/t20-,21+/m0/s1. The highest BCUT2D eigenvalue weighted by Crippen LogP contribution is 2.31. The number of carbonyl (C=O) groups is 2. The van der Waals surface area contributed by atoms with Crippen LogP contribution in [0.3, 0.4) is 0 Å². The quantitative estimate of drug-likeness (QED) is 0.753. The lowest BCUT2D eigenvalue weighted by atomic mass is 10.0. The van der Waals surface area contributed by atoms with Gasteiger partial charge in [-0.15, -0.1) is 0 Å². The average molecular weight is 396 g/mol. The molecule has 2 N–H and O–H groups in total. The molecule has 3 rings (SSSR count). The summed E-state index contributed by atoms with van der Waals surface area (Å²) >= 11 is 0. The lowest BCUT2D eigenvalue weighted by Crippen LogP contribution is -2.50. The zero-order chi connectivity index (χ0) is 21.0. The van der Waals surface area contributed by atoms with Crippen LogP contribution in [0.4, 0.5) is 0 Å². The van der Waals surface area contributed by atoms with E-state index in [1.165, 1.54) is 19.8 Å². The Bertz CT molecular complexity index is 872. The lowest BCUT2D eigenvalue weighted by molar-refractivity contribution is -0.124. The molecule has 2 atom stereocenters. The Morgan fingerprint density at radius 3 is 2.31 bits per heavy atom. The second kappa shape index (κ2) is 8.99. The molecule has 0 radical (unpaired) electrons. The van der Waals surface area contributed by atoms with Crippen LogP contribution in [0.2, 0.25) is 0 Å². The van der Waals surface area contributed by atoms with Crippen LogP contribution >= 0.6 is 0 Å². The third kappa shape index (κ3) is 4.70. The van der Waals surface area contributed by atoms with E-state index in [2.05, 4.69) is 22.8 Å². The number of nitrogens with one attached hydrogen (secondary N) is 2. The summed E-state index contributed by atoms with van der Waals surface area (Å²) < 4.78 is 10.5. The first kappa shape index (κ1) is 20.7. The van der Waals surface area contributed by atoms with Gasteiger partial charge in [-0.3, -0.25) is 9.59 Å². The highest BCUT2D eigenvalue weighted by molar-refractivity contribution is 5.98. The number of benzene rings is 2. The highest BCUT2D eigenvalue weighted by atomic mass is 16.5. The van der Waals surface area contributed by atoms with Gasteiger partial charge in [0.05, 0.1) is 20.3 Å². The number of amides is 2. The predicted octanol–water partition coefficient (Wildman–Crippen LogP) is 3.26. The zero-order valence-electron chi connectivity index (χ0n) is 17.3. The number of ether oxygens (including phenoxy) is 2. The molecule has 0 saturated heterocycles. The average Bonchev–Trinajstić information content (AvgIpc) is 3.13. The van der Waals surface area contributed by atoms with Crippen molar-refractivity contribution >= 4 is 11.8 Å². The van der Waals surface area contributed by atoms with Gasteiger partial charge >= 0.3 is 0 Å². The van der Waals surface area contributed by atoms with Crippen LogP contribution in [0.1, 0.15) is 47.8 Å². The van der Waals surface area contributed by atoms with E-state index in [4.69, 9.17) is 9.47 Å². The molecule has 2 aromatic rings. The summed E-state index contributed by atoms with van der Waals surface area (Å²) in [7, 11) is 3.06. The number of hydrogen-bond acceptors (Lipinski definition) is 4. The minimum Gasteiger partial charge on any atom is -0.497 e. The van der Waals surface area contributed by atoms with Crippen molar-refractivity contribution in [1.29, 1.82) is 0 Å². The lowest BCUT2D eigenvalue weighted by Gasteiger charge is -2.24. The number of aryl methyl sites for hydroxylation is 1. The molecule has 0 aliphatic heterocycles. The van der Waals surface area contributed by atoms with Gasteiger partial charge in [-0.1, -0.05) is 38.1 Å². The molecule has 1 aliphatic rings. The van der Waals surface area contributed by atoms with Crippen LogP contribution in [0.15, 0.2) is 42.5 Å². The van der Waals surface area contributed by atoms with Crippen molar-refractivity contribution < 1.29 is 19.1 Å². The van der Waals surface area contributed by atoms with Crippen LogP contribution < -0.4 is 20.1 Å². The number of fused-ring (bicyclic) bond motifs is 1. The molecule has 0 spiro atoms. The topological polar surface area (TPSA) is 76.7 Å². The fourth-order valence-corrected chi connectivity index (χ4v) is 3.67. The van der Waals surface area contributed by atoms with E-state index >= 15 is 0 Å². The molecule has 0 heterocycles. The Balaban J connectivity index is 1.73. The van der Waals surface area contributed by atoms with E-state index in [1.807, 2.05) is 26.0 Å². The summed E-state index contributed by atoms with van der Waals surface area (Å²) in [4.78, 5) is 25.8. The van der Waals surface area contributed by atoms with Crippen LogP contribution in [0.25, 0.3) is 0 Å². The van der Waals surface area contributed by atoms with Gasteiger partial charge in [0.15, 0.2) is 0 Å². The molecular formula is C23H28N2O4. The van der Waals surface area contributed by atoms with Gasteiger partial charge in [-0.05, 0) is 42.0 Å². The normalized spacial score (nSPS) is 16.1. The molecule has 1 aliphatic carbocycles. The minimum absolute atomic E-state index is 0.0197. The second-order valence-corrected chi connectivity index (χ2v) is 7.60. The number of rotatable bonds is 7. The van der Waals surface area contributed by atoms with Crippen LogP contribution in [0, 0.1) is 5.92 Å². The molecule has 154 valence electrons. The van der Waals surface area contributed by atoms with E-state index in [0.29, 0.717) is 17.1 Å². The predicted molar refractivity (Wildman–Crippen MR) is 111 cm³/mol. The molecular weight excluding hydrogens is 368 g/mol. The Morgan fingerprint density at radius 1 is 1.03 bits per heavy atom. The monoisotopic (exact) mass is 396 g/mol. The number of carbonyl (C=O) groups excluding carboxylic acids is 2. The molecule has 29 heavy (non-hydrogen) atoms. The van der Waals surface area contributed by atoms with Crippen molar-refractivity contribution in [2.75, 3.05) is 14.2 Å². The SMILES string of the molecule is COc1cc(OC)cc(C(=O)N[C@@H](C(=O)N[C@H]2CCc3ccccc32)C(C)C)c1. The van der Waals surface area contributed by atoms with E-state index in [1.54, 1.807) is 18.2 Å². The molecule has 2 aromatic carbocycles. The number of methoxy groups -OCH3 is 2. The first-order valence-electron chi connectivity index (χ1n) is 9.85. The molecule has 0 fully saturated rings. The summed E-state index contributed by atoms with van der Waals surface area (Å²) in [5, 5.41) is 5.99. The molecule has 0 unspecified atom stereocenters. The van der Waals surface area contributed by atoms with E-state index in [9.17, 15) is 9.59 Å². The Morgan fingerprint density at radius 2 is 1.69 bits per heavy atom. The summed E-state index contributed by atoms with van der Waals surface area (Å²) in [6.07, 6.45) is 1.82. The molecule has 6 heteroatoms. The first-order chi connectivity index (χ1) is 13.9. The van der Waals surface area contributed by atoms with Crippen molar-refractivity contribution in [3.8, 4) is 11.5 Å². The van der Waals surface area contributed by atoms with Crippen LogP contribution in [-0.2, 0) is 11.2 Å². The van der Waals surface area contributed by atoms with Crippen molar-refractivity contribution in [3.05, 3.63) is 59.2 Å². The highest BCUT2D eigenvalue weighted by Gasteiger charge is 2.29. The Hall–Kier alpha value is -3.02. The first-order valence-corrected chi connectivity index (χ1v) is 9.85. The third-order valence-electron chi connectivity index (χ3n) is 5.30. The van der Waals surface area contributed by atoms with E-state index < -0.39 is 6.04 Å². The molecule has 0 aromatic heterocycles. The molecule has 6 nitrogen and oxygen atoms in total. The van der Waals surface area contributed by atoms with Crippen molar-refractivity contribution in [2.45, 2.75) is 38.8 Å². The van der Waals surface area contributed by atoms with Crippen LogP contribution in [0.5, 0.6) is 11.5 Å². The van der Waals surface area contributed by atoms with Gasteiger partial charge in [0.1, 0.15) is 17.5 Å². The maximum atomic E-state index is 13.0. The van der Waals surface area contributed by atoms with Gasteiger partial charge in [0.25, 0.3) is 5.91 Å². The summed E-state index contributed by atoms with van der Waals surface area (Å²) in [5.74, 6) is 0.445. The van der Waals surface area contributed by atoms with Crippen molar-refractivity contribution in [2.24, 2.45) is 5.92 Å². The zero-order valence-corrected chi connectivity index (χ0v) is 17.3. The smallest absolute Gasteiger partial charge is 0.252 e. The van der Waals surface area contributed by atoms with Gasteiger partial charge < -0.3 is 20.1 Å². The van der Waals surface area contributed by atoms with Gasteiger partial charge in [0, 0.05) is 11.6 Å². The van der Waals surface area contributed by atoms with Crippen molar-refractivity contribution in [1.82, 2.24) is 10.6 Å². The maximum absolute atomic E-state index is 13.0. The van der Waals surface area contributed by atoms with Gasteiger partial charge in [-0.25, -0.2) is 0 Å². The molecule has 0 saturated carbocycles. The largest absolute Gasteiger partial charge is 0.497 e. The van der Waals surface area contributed by atoms with E-state index in [-0.39, 0.29) is 23.8 Å². The van der Waals surface area contributed by atoms with E-state index in [0.717, 1.165) is 18.4 Å². The third-order valence-corrected chi connectivity index (χ3v) is 5.30. The van der Waals surface area contributed by atoms with Crippen LogP contribution in [-0.4, -0.2) is 32.1 Å².